The monoisotopic (exact) mass is 195 g/mol. The highest BCUT2D eigenvalue weighted by molar-refractivity contribution is 5.87. The summed E-state index contributed by atoms with van der Waals surface area (Å²) in [6.45, 7) is 2.38. The van der Waals surface area contributed by atoms with Crippen molar-refractivity contribution < 1.29 is 14.6 Å². The van der Waals surface area contributed by atoms with Crippen LogP contribution in [0.4, 0.5) is 10.5 Å². The van der Waals surface area contributed by atoms with Crippen molar-refractivity contribution in [2.75, 3.05) is 18.6 Å². The number of carbonyl (C=O) groups is 1. The van der Waals surface area contributed by atoms with Gasteiger partial charge >= 0.3 is 6.09 Å². The molecule has 1 rings (SSSR count). The highest BCUT2D eigenvalue weighted by Gasteiger charge is 2.12. The predicted molar refractivity (Wildman–Crippen MR) is 54.0 cm³/mol. The maximum atomic E-state index is 10.7. The fraction of sp³-hybridized carbons (Fsp3) is 0.300. The standard InChI is InChI=1S/C10H13NO3/c1-3-14-9-7-5-4-6-8(9)11(2)10(12)13/h4-7H,3H2,1-2H3,(H,12,13). The summed E-state index contributed by atoms with van der Waals surface area (Å²) in [5.74, 6) is 0.583. The molecule has 0 spiro atoms. The molecule has 0 fully saturated rings. The molecular formula is C10H13NO3. The van der Waals surface area contributed by atoms with Gasteiger partial charge in [0.2, 0.25) is 0 Å². The van der Waals surface area contributed by atoms with Crippen LogP contribution in [0.2, 0.25) is 0 Å². The number of anilines is 1. The number of nitrogens with zero attached hydrogens (tertiary/aromatic N) is 1. The van der Waals surface area contributed by atoms with Crippen LogP contribution in [0.3, 0.4) is 0 Å². The fourth-order valence-electron chi connectivity index (χ4n) is 1.11. The van der Waals surface area contributed by atoms with Gasteiger partial charge < -0.3 is 9.84 Å². The van der Waals surface area contributed by atoms with E-state index in [1.807, 2.05) is 13.0 Å². The quantitative estimate of drug-likeness (QED) is 0.804. The highest BCUT2D eigenvalue weighted by Crippen LogP contribution is 2.26. The molecule has 0 aliphatic rings. The molecule has 0 aliphatic carbocycles. The van der Waals surface area contributed by atoms with Crippen molar-refractivity contribution in [3.05, 3.63) is 24.3 Å². The summed E-state index contributed by atoms with van der Waals surface area (Å²) in [6, 6.07) is 7.04. The Kier molecular flexibility index (Phi) is 3.34. The van der Waals surface area contributed by atoms with E-state index in [0.29, 0.717) is 18.0 Å². The molecule has 1 amide bonds. The van der Waals surface area contributed by atoms with Crippen LogP contribution in [-0.2, 0) is 0 Å². The smallest absolute Gasteiger partial charge is 0.411 e. The lowest BCUT2D eigenvalue weighted by Crippen LogP contribution is -2.24. The van der Waals surface area contributed by atoms with Gasteiger partial charge in [0.25, 0.3) is 0 Å². The summed E-state index contributed by atoms with van der Waals surface area (Å²) in [5.41, 5.74) is 0.557. The summed E-state index contributed by atoms with van der Waals surface area (Å²) < 4.78 is 5.30. The summed E-state index contributed by atoms with van der Waals surface area (Å²) >= 11 is 0. The van der Waals surface area contributed by atoms with Gasteiger partial charge in [-0.25, -0.2) is 4.79 Å². The molecule has 1 aromatic rings. The second-order valence-corrected chi connectivity index (χ2v) is 2.74. The minimum absolute atomic E-state index is 0.518. The first-order valence-electron chi connectivity index (χ1n) is 4.35. The van der Waals surface area contributed by atoms with E-state index >= 15 is 0 Å². The largest absolute Gasteiger partial charge is 0.492 e. The lowest BCUT2D eigenvalue weighted by molar-refractivity contribution is 0.203. The summed E-state index contributed by atoms with van der Waals surface area (Å²) in [4.78, 5) is 11.9. The number of carboxylic acid groups (broad SMARTS) is 1. The molecule has 0 radical (unpaired) electrons. The van der Waals surface area contributed by atoms with Crippen molar-refractivity contribution in [3.63, 3.8) is 0 Å². The summed E-state index contributed by atoms with van der Waals surface area (Å²) in [5, 5.41) is 8.80. The van der Waals surface area contributed by atoms with Gasteiger partial charge in [0.1, 0.15) is 5.75 Å². The topological polar surface area (TPSA) is 49.8 Å². The Bertz CT molecular complexity index is 325. The third-order valence-corrected chi connectivity index (χ3v) is 1.81. The van der Waals surface area contributed by atoms with Crippen LogP contribution < -0.4 is 9.64 Å². The maximum absolute atomic E-state index is 10.7. The van der Waals surface area contributed by atoms with E-state index in [0.717, 1.165) is 4.90 Å². The number of rotatable bonds is 3. The Morgan fingerprint density at radius 1 is 1.50 bits per heavy atom. The van der Waals surface area contributed by atoms with E-state index in [2.05, 4.69) is 0 Å². The first-order chi connectivity index (χ1) is 6.66. The van der Waals surface area contributed by atoms with Crippen LogP contribution in [0.1, 0.15) is 6.92 Å². The Morgan fingerprint density at radius 3 is 2.71 bits per heavy atom. The molecule has 0 saturated heterocycles. The number of amides is 1. The first kappa shape index (κ1) is 10.4. The van der Waals surface area contributed by atoms with Crippen molar-refractivity contribution >= 4 is 11.8 Å². The van der Waals surface area contributed by atoms with Gasteiger partial charge in [0, 0.05) is 7.05 Å². The van der Waals surface area contributed by atoms with Crippen LogP contribution in [0.15, 0.2) is 24.3 Å². The number of benzene rings is 1. The summed E-state index contributed by atoms with van der Waals surface area (Å²) in [7, 11) is 1.49. The molecule has 1 aromatic carbocycles. The molecular weight excluding hydrogens is 182 g/mol. The Balaban J connectivity index is 3.00. The van der Waals surface area contributed by atoms with Crippen LogP contribution >= 0.6 is 0 Å². The Morgan fingerprint density at radius 2 is 2.14 bits per heavy atom. The van der Waals surface area contributed by atoms with Crippen LogP contribution in [0.25, 0.3) is 0 Å². The lowest BCUT2D eigenvalue weighted by Gasteiger charge is -2.16. The van der Waals surface area contributed by atoms with Crippen LogP contribution in [0, 0.1) is 0 Å². The van der Waals surface area contributed by atoms with E-state index < -0.39 is 6.09 Å². The minimum Gasteiger partial charge on any atom is -0.492 e. The predicted octanol–water partition coefficient (Wildman–Crippen LogP) is 2.20. The molecule has 0 aromatic heterocycles. The molecule has 4 nitrogen and oxygen atoms in total. The van der Waals surface area contributed by atoms with E-state index in [4.69, 9.17) is 9.84 Å². The number of para-hydroxylation sites is 2. The Hall–Kier alpha value is -1.71. The first-order valence-corrected chi connectivity index (χ1v) is 4.35. The third-order valence-electron chi connectivity index (χ3n) is 1.81. The van der Waals surface area contributed by atoms with Gasteiger partial charge in [-0.2, -0.15) is 0 Å². The van der Waals surface area contributed by atoms with Gasteiger partial charge in [-0.1, -0.05) is 12.1 Å². The molecule has 0 heterocycles. The molecule has 0 aliphatic heterocycles. The maximum Gasteiger partial charge on any atom is 0.411 e. The van der Waals surface area contributed by atoms with Crippen LogP contribution in [-0.4, -0.2) is 24.9 Å². The van der Waals surface area contributed by atoms with Crippen LogP contribution in [0.5, 0.6) is 5.75 Å². The molecule has 76 valence electrons. The molecule has 0 unspecified atom stereocenters. The lowest BCUT2D eigenvalue weighted by atomic mass is 10.3. The number of hydrogen-bond acceptors (Lipinski definition) is 2. The SMILES string of the molecule is CCOc1ccccc1N(C)C(=O)O. The molecule has 0 bridgehead atoms. The summed E-state index contributed by atoms with van der Waals surface area (Å²) in [6.07, 6.45) is -1.00. The van der Waals surface area contributed by atoms with E-state index in [1.165, 1.54) is 7.05 Å². The van der Waals surface area contributed by atoms with Crippen molar-refractivity contribution in [1.29, 1.82) is 0 Å². The zero-order valence-electron chi connectivity index (χ0n) is 8.23. The molecule has 4 heteroatoms. The van der Waals surface area contributed by atoms with E-state index in [-0.39, 0.29) is 0 Å². The van der Waals surface area contributed by atoms with Crippen molar-refractivity contribution in [2.45, 2.75) is 6.92 Å². The van der Waals surface area contributed by atoms with Gasteiger partial charge in [0.05, 0.1) is 12.3 Å². The highest BCUT2D eigenvalue weighted by atomic mass is 16.5. The number of hydrogen-bond donors (Lipinski definition) is 1. The normalized spacial score (nSPS) is 9.57. The van der Waals surface area contributed by atoms with Gasteiger partial charge in [-0.3, -0.25) is 4.90 Å². The molecule has 1 N–H and O–H groups in total. The van der Waals surface area contributed by atoms with Crippen molar-refractivity contribution in [1.82, 2.24) is 0 Å². The molecule has 0 saturated carbocycles. The third kappa shape index (κ3) is 2.16. The molecule has 0 atom stereocenters. The molecule has 14 heavy (non-hydrogen) atoms. The van der Waals surface area contributed by atoms with Crippen molar-refractivity contribution in [2.24, 2.45) is 0 Å². The van der Waals surface area contributed by atoms with E-state index in [1.54, 1.807) is 18.2 Å². The van der Waals surface area contributed by atoms with E-state index in [9.17, 15) is 4.79 Å². The van der Waals surface area contributed by atoms with Crippen molar-refractivity contribution in [3.8, 4) is 5.75 Å². The Labute approximate surface area is 82.7 Å². The number of ether oxygens (including phenoxy) is 1. The van der Waals surface area contributed by atoms with Gasteiger partial charge in [-0.05, 0) is 19.1 Å². The minimum atomic E-state index is -1.00. The van der Waals surface area contributed by atoms with Gasteiger partial charge in [-0.15, -0.1) is 0 Å². The second-order valence-electron chi connectivity index (χ2n) is 2.74. The fourth-order valence-corrected chi connectivity index (χ4v) is 1.11. The van der Waals surface area contributed by atoms with Gasteiger partial charge in [0.15, 0.2) is 0 Å². The average molecular weight is 195 g/mol. The average Bonchev–Trinajstić information content (AvgIpc) is 2.18. The zero-order chi connectivity index (χ0) is 10.6. The zero-order valence-corrected chi connectivity index (χ0v) is 8.23. The second kappa shape index (κ2) is 4.50.